The first kappa shape index (κ1) is 21.7. The van der Waals surface area contributed by atoms with Gasteiger partial charge in [0, 0.05) is 19.0 Å². The summed E-state index contributed by atoms with van der Waals surface area (Å²) in [6.07, 6.45) is 0.499. The number of hydrogen-bond acceptors (Lipinski definition) is 4. The number of fused-ring (bicyclic) bond motifs is 1. The van der Waals surface area contributed by atoms with Crippen LogP contribution in [-0.4, -0.2) is 18.9 Å². The number of carbonyl (C=O) groups is 2. The highest BCUT2D eigenvalue weighted by molar-refractivity contribution is 9.11. The summed E-state index contributed by atoms with van der Waals surface area (Å²) in [4.78, 5) is 22.5. The second-order valence-electron chi connectivity index (χ2n) is 5.75. The van der Waals surface area contributed by atoms with Gasteiger partial charge in [-0.05, 0) is 78.2 Å². The third-order valence-electron chi connectivity index (χ3n) is 3.55. The minimum atomic E-state index is -0.480. The van der Waals surface area contributed by atoms with Crippen molar-refractivity contribution in [2.24, 2.45) is 0 Å². The van der Waals surface area contributed by atoms with Gasteiger partial charge in [-0.25, -0.2) is 9.18 Å². The van der Waals surface area contributed by atoms with E-state index >= 15 is 0 Å². The number of rotatable bonds is 3. The van der Waals surface area contributed by atoms with E-state index in [2.05, 4.69) is 37.9 Å². The molecule has 142 valence electrons. The molecule has 1 heterocycles. The number of benzene rings is 2. The van der Waals surface area contributed by atoms with Gasteiger partial charge in [0.15, 0.2) is 6.29 Å². The van der Waals surface area contributed by atoms with Crippen molar-refractivity contribution in [3.63, 3.8) is 0 Å². The molecule has 2 aromatic carbocycles. The number of esters is 1. The van der Waals surface area contributed by atoms with Crippen LogP contribution in [0.1, 0.15) is 38.1 Å². The molecule has 0 aliphatic carbocycles. The van der Waals surface area contributed by atoms with Crippen LogP contribution in [0.15, 0.2) is 39.3 Å². The van der Waals surface area contributed by atoms with E-state index in [9.17, 15) is 14.0 Å². The maximum absolute atomic E-state index is 12.9. The molecule has 0 saturated heterocycles. The fourth-order valence-electron chi connectivity index (χ4n) is 2.35. The van der Waals surface area contributed by atoms with E-state index in [1.165, 1.54) is 23.0 Å². The van der Waals surface area contributed by atoms with Crippen LogP contribution in [0.5, 0.6) is 0 Å². The lowest BCUT2D eigenvalue weighted by Crippen LogP contribution is -2.01. The van der Waals surface area contributed by atoms with Crippen LogP contribution in [-0.2, 0) is 4.74 Å². The number of carbonyl (C=O) groups excluding carboxylic acids is 2. The number of thiophene rings is 1. The van der Waals surface area contributed by atoms with Gasteiger partial charge in [-0.1, -0.05) is 15.9 Å². The summed E-state index contributed by atoms with van der Waals surface area (Å²) >= 11 is 8.06. The maximum Gasteiger partial charge on any atom is 0.348 e. The molecule has 0 atom stereocenters. The van der Waals surface area contributed by atoms with Gasteiger partial charge < -0.3 is 4.74 Å². The molecule has 0 aliphatic rings. The molecule has 7 heteroatoms. The zero-order valence-corrected chi connectivity index (χ0v) is 18.9. The second kappa shape index (κ2) is 9.57. The minimum Gasteiger partial charge on any atom is -0.462 e. The number of hydrogen-bond donors (Lipinski definition) is 0. The summed E-state index contributed by atoms with van der Waals surface area (Å²) in [6.45, 7) is 6.02. The minimum absolute atomic E-state index is 0.0793. The summed E-state index contributed by atoms with van der Waals surface area (Å²) in [5.74, 6) is -0.722. The van der Waals surface area contributed by atoms with E-state index < -0.39 is 5.82 Å². The van der Waals surface area contributed by atoms with E-state index in [0.29, 0.717) is 22.2 Å². The smallest absolute Gasteiger partial charge is 0.348 e. The number of halogens is 3. The lowest BCUT2D eigenvalue weighted by atomic mass is 10.1. The molecule has 1 aromatic heterocycles. The Morgan fingerprint density at radius 1 is 1.11 bits per heavy atom. The summed E-state index contributed by atoms with van der Waals surface area (Å²) < 4.78 is 20.5. The van der Waals surface area contributed by atoms with E-state index in [1.807, 2.05) is 26.0 Å². The Bertz CT molecular complexity index is 975. The predicted octanol–water partition coefficient (Wildman–Crippen LogP) is 6.86. The van der Waals surface area contributed by atoms with Crippen molar-refractivity contribution in [3.8, 4) is 0 Å². The van der Waals surface area contributed by atoms with Gasteiger partial charge in [0.05, 0.1) is 12.2 Å². The standard InChI is InChI=1S/C12H11BrO2S.C8H6BrFO/c1-3-15-12(14)11-6-8-9(13)4-7(2)5-10(8)16-11;1-5-2-7(9)6(4-11)8(10)3-5/h4-6H,3H2,1-2H3;2-4H,1H3. The van der Waals surface area contributed by atoms with Gasteiger partial charge >= 0.3 is 5.97 Å². The van der Waals surface area contributed by atoms with Crippen molar-refractivity contribution >= 4 is 65.5 Å². The Labute approximate surface area is 177 Å². The quantitative estimate of drug-likeness (QED) is 0.282. The van der Waals surface area contributed by atoms with Crippen LogP contribution in [0.4, 0.5) is 4.39 Å². The average molecular weight is 516 g/mol. The van der Waals surface area contributed by atoms with Crippen molar-refractivity contribution in [1.82, 2.24) is 0 Å². The van der Waals surface area contributed by atoms with Gasteiger partial charge in [0.1, 0.15) is 10.7 Å². The maximum atomic E-state index is 12.9. The lowest BCUT2D eigenvalue weighted by Gasteiger charge is -1.99. The molecule has 0 unspecified atom stereocenters. The molecule has 27 heavy (non-hydrogen) atoms. The summed E-state index contributed by atoms with van der Waals surface area (Å²) in [7, 11) is 0. The van der Waals surface area contributed by atoms with Crippen LogP contribution in [0, 0.1) is 19.7 Å². The molecule has 0 saturated carbocycles. The SMILES string of the molecule is CCOC(=O)c1cc2c(Br)cc(C)cc2s1.Cc1cc(F)c(C=O)c(Br)c1. The topological polar surface area (TPSA) is 43.4 Å². The third-order valence-corrected chi connectivity index (χ3v) is 5.92. The molecule has 0 spiro atoms. The highest BCUT2D eigenvalue weighted by atomic mass is 79.9. The first-order valence-corrected chi connectivity index (χ1v) is 10.4. The fraction of sp³-hybridized carbons (Fsp3) is 0.200. The molecule has 3 nitrogen and oxygen atoms in total. The molecule has 3 rings (SSSR count). The lowest BCUT2D eigenvalue weighted by molar-refractivity contribution is 0.0532. The first-order valence-electron chi connectivity index (χ1n) is 8.04. The molecule has 0 amide bonds. The van der Waals surface area contributed by atoms with E-state index in [0.717, 1.165) is 20.1 Å². The van der Waals surface area contributed by atoms with Gasteiger partial charge in [-0.3, -0.25) is 4.79 Å². The number of ether oxygens (including phenoxy) is 1. The van der Waals surface area contributed by atoms with Crippen LogP contribution in [0.25, 0.3) is 10.1 Å². The van der Waals surface area contributed by atoms with E-state index in [4.69, 9.17) is 4.74 Å². The second-order valence-corrected chi connectivity index (χ2v) is 8.54. The van der Waals surface area contributed by atoms with Crippen LogP contribution in [0.3, 0.4) is 0 Å². The number of aryl methyl sites for hydroxylation is 2. The molecule has 0 aliphatic heterocycles. The van der Waals surface area contributed by atoms with Gasteiger partial charge in [-0.2, -0.15) is 0 Å². The van der Waals surface area contributed by atoms with Crippen molar-refractivity contribution in [2.75, 3.05) is 6.61 Å². The largest absolute Gasteiger partial charge is 0.462 e. The van der Waals surface area contributed by atoms with Gasteiger partial charge in [0.2, 0.25) is 0 Å². The first-order chi connectivity index (χ1) is 12.8. The zero-order valence-electron chi connectivity index (χ0n) is 14.9. The van der Waals surface area contributed by atoms with Gasteiger partial charge in [-0.15, -0.1) is 11.3 Å². The van der Waals surface area contributed by atoms with Crippen molar-refractivity contribution < 1.29 is 18.7 Å². The Kier molecular flexibility index (Phi) is 7.70. The van der Waals surface area contributed by atoms with Crippen LogP contribution >= 0.6 is 43.2 Å². The zero-order chi connectivity index (χ0) is 20.1. The summed E-state index contributed by atoms with van der Waals surface area (Å²) in [6, 6.07) is 9.03. The van der Waals surface area contributed by atoms with Crippen molar-refractivity contribution in [3.05, 3.63) is 66.7 Å². The molecule has 0 radical (unpaired) electrons. The average Bonchev–Trinajstić information content (AvgIpc) is 2.99. The van der Waals surface area contributed by atoms with E-state index in [1.54, 1.807) is 13.0 Å². The van der Waals surface area contributed by atoms with Crippen LogP contribution in [0.2, 0.25) is 0 Å². The molecule has 0 fully saturated rings. The predicted molar refractivity (Wildman–Crippen MR) is 114 cm³/mol. The van der Waals surface area contributed by atoms with Gasteiger partial charge in [0.25, 0.3) is 0 Å². The number of aldehydes is 1. The highest BCUT2D eigenvalue weighted by Crippen LogP contribution is 2.33. The third kappa shape index (κ3) is 5.46. The normalized spacial score (nSPS) is 10.3. The van der Waals surface area contributed by atoms with Crippen molar-refractivity contribution in [1.29, 1.82) is 0 Å². The molecule has 3 aromatic rings. The Morgan fingerprint density at radius 3 is 2.33 bits per heavy atom. The van der Waals surface area contributed by atoms with E-state index in [-0.39, 0.29) is 11.5 Å². The molecule has 0 bridgehead atoms. The van der Waals surface area contributed by atoms with Crippen molar-refractivity contribution in [2.45, 2.75) is 20.8 Å². The fourth-order valence-corrected chi connectivity index (χ4v) is 4.90. The summed E-state index contributed by atoms with van der Waals surface area (Å²) in [5, 5.41) is 1.07. The molecular weight excluding hydrogens is 499 g/mol. The highest BCUT2D eigenvalue weighted by Gasteiger charge is 2.12. The molecular formula is C20H17Br2FO3S. The monoisotopic (exact) mass is 514 g/mol. The Morgan fingerprint density at radius 2 is 1.74 bits per heavy atom. The van der Waals surface area contributed by atoms with Crippen LogP contribution < -0.4 is 0 Å². The summed E-state index contributed by atoms with van der Waals surface area (Å²) in [5.41, 5.74) is 2.05. The molecule has 0 N–H and O–H groups in total. The Hall–Kier alpha value is -1.57. The Balaban J connectivity index is 0.000000208.